The van der Waals surface area contributed by atoms with Crippen LogP contribution in [0.15, 0.2) is 30.3 Å². The maximum Gasteiger partial charge on any atom is 0.226 e. The highest BCUT2D eigenvalue weighted by atomic mass is 16.3. The minimum absolute atomic E-state index is 0.121. The Kier molecular flexibility index (Phi) is 5.15. The van der Waals surface area contributed by atoms with Crippen molar-refractivity contribution < 1.29 is 9.90 Å². The second-order valence-corrected chi connectivity index (χ2v) is 5.63. The van der Waals surface area contributed by atoms with Crippen LogP contribution in [0.25, 0.3) is 0 Å². The number of nitrogens with two attached hydrogens (primary N) is 1. The summed E-state index contributed by atoms with van der Waals surface area (Å²) in [6.07, 6.45) is 2.07. The topological polar surface area (TPSA) is 66.6 Å². The molecule has 0 spiro atoms. The lowest BCUT2D eigenvalue weighted by molar-refractivity contribution is -0.136. The number of carbonyl (C=O) groups is 1. The van der Waals surface area contributed by atoms with Gasteiger partial charge in [0.25, 0.3) is 0 Å². The van der Waals surface area contributed by atoms with Crippen LogP contribution in [-0.2, 0) is 4.79 Å². The fourth-order valence-corrected chi connectivity index (χ4v) is 2.82. The molecule has 2 rings (SSSR count). The molecule has 0 saturated carbocycles. The van der Waals surface area contributed by atoms with E-state index in [2.05, 4.69) is 0 Å². The van der Waals surface area contributed by atoms with E-state index < -0.39 is 6.10 Å². The smallest absolute Gasteiger partial charge is 0.226 e. The van der Waals surface area contributed by atoms with E-state index in [1.165, 1.54) is 0 Å². The van der Waals surface area contributed by atoms with Crippen LogP contribution >= 0.6 is 0 Å². The molecule has 1 aliphatic heterocycles. The number of hydrogen-bond donors (Lipinski definition) is 2. The summed E-state index contributed by atoms with van der Waals surface area (Å²) in [5.74, 6) is -0.0141. The normalized spacial score (nSPS) is 21.8. The van der Waals surface area contributed by atoms with Gasteiger partial charge in [0.05, 0.1) is 6.10 Å². The van der Waals surface area contributed by atoms with Crippen molar-refractivity contribution in [3.63, 3.8) is 0 Å². The molecular weight excluding hydrogens is 252 g/mol. The molecule has 1 amide bonds. The number of nitrogens with zero attached hydrogens (tertiary/aromatic N) is 1. The molecule has 110 valence electrons. The molecule has 4 heteroatoms. The molecule has 1 saturated heterocycles. The first-order valence-electron chi connectivity index (χ1n) is 7.37. The van der Waals surface area contributed by atoms with Crippen LogP contribution in [0, 0.1) is 5.92 Å². The van der Waals surface area contributed by atoms with Crippen molar-refractivity contribution in [1.29, 1.82) is 0 Å². The van der Waals surface area contributed by atoms with Gasteiger partial charge < -0.3 is 15.7 Å². The van der Waals surface area contributed by atoms with Gasteiger partial charge in [-0.3, -0.25) is 4.79 Å². The number of amides is 1. The molecule has 0 aliphatic carbocycles. The van der Waals surface area contributed by atoms with Gasteiger partial charge in [-0.15, -0.1) is 0 Å². The van der Waals surface area contributed by atoms with E-state index in [1.807, 2.05) is 42.2 Å². The summed E-state index contributed by atoms with van der Waals surface area (Å²) in [7, 11) is 0. The first kappa shape index (κ1) is 15.0. The third-order valence-corrected chi connectivity index (χ3v) is 4.12. The van der Waals surface area contributed by atoms with Crippen molar-refractivity contribution in [3.8, 4) is 0 Å². The molecule has 0 aromatic heterocycles. The first-order chi connectivity index (χ1) is 9.63. The van der Waals surface area contributed by atoms with Crippen molar-refractivity contribution in [3.05, 3.63) is 35.9 Å². The van der Waals surface area contributed by atoms with Crippen molar-refractivity contribution in [2.24, 2.45) is 11.7 Å². The molecule has 3 atom stereocenters. The Morgan fingerprint density at radius 1 is 1.45 bits per heavy atom. The van der Waals surface area contributed by atoms with E-state index in [1.54, 1.807) is 0 Å². The van der Waals surface area contributed by atoms with Crippen molar-refractivity contribution >= 4 is 5.91 Å². The number of likely N-dealkylation sites (tertiary alicyclic amines) is 1. The highest BCUT2D eigenvalue weighted by molar-refractivity contribution is 5.79. The summed E-state index contributed by atoms with van der Waals surface area (Å²) in [6, 6.07) is 9.76. The SMILES string of the molecule is CC(CN)C(=O)N1CCCC1CC(O)c1ccccc1. The lowest BCUT2D eigenvalue weighted by Crippen LogP contribution is -2.41. The quantitative estimate of drug-likeness (QED) is 0.860. The zero-order chi connectivity index (χ0) is 14.5. The predicted octanol–water partition coefficient (Wildman–Crippen LogP) is 1.70. The second kappa shape index (κ2) is 6.86. The Hall–Kier alpha value is -1.39. The number of aliphatic hydroxyl groups excluding tert-OH is 1. The second-order valence-electron chi connectivity index (χ2n) is 5.63. The van der Waals surface area contributed by atoms with Gasteiger partial charge in [0.15, 0.2) is 0 Å². The zero-order valence-corrected chi connectivity index (χ0v) is 12.0. The van der Waals surface area contributed by atoms with E-state index in [-0.39, 0.29) is 17.9 Å². The third kappa shape index (κ3) is 3.38. The zero-order valence-electron chi connectivity index (χ0n) is 12.0. The average molecular weight is 276 g/mol. The van der Waals surface area contributed by atoms with Crippen LogP contribution in [0.1, 0.15) is 37.9 Å². The molecule has 0 bridgehead atoms. The molecule has 4 nitrogen and oxygen atoms in total. The van der Waals surface area contributed by atoms with Gasteiger partial charge in [-0.05, 0) is 24.8 Å². The van der Waals surface area contributed by atoms with Gasteiger partial charge in [0.1, 0.15) is 0 Å². The molecular formula is C16H24N2O2. The highest BCUT2D eigenvalue weighted by Gasteiger charge is 2.32. The van der Waals surface area contributed by atoms with Gasteiger partial charge in [0, 0.05) is 25.0 Å². The molecule has 3 N–H and O–H groups in total. The summed E-state index contributed by atoms with van der Waals surface area (Å²) in [5.41, 5.74) is 6.50. The van der Waals surface area contributed by atoms with E-state index in [4.69, 9.17) is 5.73 Å². The van der Waals surface area contributed by atoms with Gasteiger partial charge >= 0.3 is 0 Å². The van der Waals surface area contributed by atoms with Gasteiger partial charge in [-0.1, -0.05) is 37.3 Å². The predicted molar refractivity (Wildman–Crippen MR) is 79.0 cm³/mol. The van der Waals surface area contributed by atoms with E-state index in [0.29, 0.717) is 13.0 Å². The summed E-state index contributed by atoms with van der Waals surface area (Å²) in [6.45, 7) is 3.03. The minimum Gasteiger partial charge on any atom is -0.388 e. The summed E-state index contributed by atoms with van der Waals surface area (Å²) in [4.78, 5) is 14.2. The standard InChI is InChI=1S/C16H24N2O2/c1-12(11-17)16(20)18-9-5-8-14(18)10-15(19)13-6-3-2-4-7-13/h2-4,6-7,12,14-15,19H,5,8-11,17H2,1H3. The average Bonchev–Trinajstić information content (AvgIpc) is 2.94. The number of hydrogen-bond acceptors (Lipinski definition) is 3. The third-order valence-electron chi connectivity index (χ3n) is 4.12. The van der Waals surface area contributed by atoms with Crippen LogP contribution in [-0.4, -0.2) is 35.0 Å². The molecule has 20 heavy (non-hydrogen) atoms. The molecule has 1 aromatic rings. The first-order valence-corrected chi connectivity index (χ1v) is 7.37. The summed E-state index contributed by atoms with van der Waals surface area (Å²) >= 11 is 0. The van der Waals surface area contributed by atoms with Crippen LogP contribution < -0.4 is 5.73 Å². The molecule has 3 unspecified atom stereocenters. The summed E-state index contributed by atoms with van der Waals surface area (Å²) < 4.78 is 0. The minimum atomic E-state index is -0.511. The molecule has 1 heterocycles. The molecule has 1 aliphatic rings. The van der Waals surface area contributed by atoms with Crippen LogP contribution in [0.5, 0.6) is 0 Å². The number of aliphatic hydroxyl groups is 1. The lowest BCUT2D eigenvalue weighted by atomic mass is 10.00. The molecule has 0 radical (unpaired) electrons. The Balaban J connectivity index is 1.99. The number of rotatable bonds is 5. The van der Waals surface area contributed by atoms with Gasteiger partial charge in [-0.2, -0.15) is 0 Å². The van der Waals surface area contributed by atoms with Crippen molar-refractivity contribution in [2.75, 3.05) is 13.1 Å². The Bertz CT molecular complexity index is 435. The highest BCUT2D eigenvalue weighted by Crippen LogP contribution is 2.28. The largest absolute Gasteiger partial charge is 0.388 e. The van der Waals surface area contributed by atoms with Crippen LogP contribution in [0.3, 0.4) is 0 Å². The number of carbonyl (C=O) groups excluding carboxylic acids is 1. The van der Waals surface area contributed by atoms with E-state index in [9.17, 15) is 9.90 Å². The van der Waals surface area contributed by atoms with Crippen LogP contribution in [0.4, 0.5) is 0 Å². The van der Waals surface area contributed by atoms with Crippen molar-refractivity contribution in [1.82, 2.24) is 4.90 Å². The fourth-order valence-electron chi connectivity index (χ4n) is 2.82. The van der Waals surface area contributed by atoms with E-state index >= 15 is 0 Å². The maximum absolute atomic E-state index is 12.3. The Labute approximate surface area is 120 Å². The Morgan fingerprint density at radius 2 is 2.15 bits per heavy atom. The maximum atomic E-state index is 12.3. The Morgan fingerprint density at radius 3 is 2.80 bits per heavy atom. The number of benzene rings is 1. The fraction of sp³-hybridized carbons (Fsp3) is 0.562. The summed E-state index contributed by atoms with van der Waals surface area (Å²) in [5, 5.41) is 10.3. The van der Waals surface area contributed by atoms with Crippen LogP contribution in [0.2, 0.25) is 0 Å². The van der Waals surface area contributed by atoms with E-state index in [0.717, 1.165) is 24.9 Å². The molecule has 1 aromatic carbocycles. The molecule has 1 fully saturated rings. The van der Waals surface area contributed by atoms with Gasteiger partial charge in [-0.25, -0.2) is 0 Å². The monoisotopic (exact) mass is 276 g/mol. The van der Waals surface area contributed by atoms with Crippen molar-refractivity contribution in [2.45, 2.75) is 38.3 Å². The lowest BCUT2D eigenvalue weighted by Gasteiger charge is -2.28. The van der Waals surface area contributed by atoms with Gasteiger partial charge in [0.2, 0.25) is 5.91 Å².